The summed E-state index contributed by atoms with van der Waals surface area (Å²) in [4.78, 5) is 16.6. The molecule has 0 fully saturated rings. The number of aromatic nitrogens is 3. The second kappa shape index (κ2) is 9.93. The second-order valence-electron chi connectivity index (χ2n) is 6.68. The molecule has 10 heteroatoms. The van der Waals surface area contributed by atoms with Gasteiger partial charge in [-0.3, -0.25) is 9.89 Å². The Morgan fingerprint density at radius 3 is 2.90 bits per heavy atom. The number of ether oxygens (including phenoxy) is 3. The highest BCUT2D eigenvalue weighted by molar-refractivity contribution is 7.99. The van der Waals surface area contributed by atoms with Gasteiger partial charge < -0.3 is 19.5 Å². The molecule has 0 radical (unpaired) electrons. The minimum Gasteiger partial charge on any atom is -0.496 e. The van der Waals surface area contributed by atoms with Gasteiger partial charge in [-0.2, -0.15) is 0 Å². The third-order valence-electron chi connectivity index (χ3n) is 4.56. The van der Waals surface area contributed by atoms with Crippen LogP contribution in [0.15, 0.2) is 41.6 Å². The van der Waals surface area contributed by atoms with Crippen LogP contribution >= 0.6 is 23.4 Å². The lowest BCUT2D eigenvalue weighted by Crippen LogP contribution is -2.27. The fraction of sp³-hybridized carbons (Fsp3) is 0.286. The van der Waals surface area contributed by atoms with Gasteiger partial charge in [0.1, 0.15) is 19.0 Å². The number of carbonyl (C=O) groups is 1. The first kappa shape index (κ1) is 21.3. The van der Waals surface area contributed by atoms with E-state index in [-0.39, 0.29) is 11.7 Å². The van der Waals surface area contributed by atoms with Crippen molar-refractivity contribution in [2.24, 2.45) is 0 Å². The van der Waals surface area contributed by atoms with E-state index < -0.39 is 0 Å². The Balaban J connectivity index is 1.26. The zero-order valence-corrected chi connectivity index (χ0v) is 18.4. The molecule has 2 aromatic carbocycles. The van der Waals surface area contributed by atoms with Crippen molar-refractivity contribution in [1.82, 2.24) is 20.5 Å². The third-order valence-corrected chi connectivity index (χ3v) is 5.64. The average Bonchev–Trinajstić information content (AvgIpc) is 3.26. The van der Waals surface area contributed by atoms with Gasteiger partial charge in [-0.05, 0) is 42.3 Å². The Labute approximate surface area is 188 Å². The molecule has 0 atom stereocenters. The highest BCUT2D eigenvalue weighted by atomic mass is 35.5. The van der Waals surface area contributed by atoms with E-state index in [2.05, 4.69) is 20.5 Å². The molecule has 31 heavy (non-hydrogen) atoms. The van der Waals surface area contributed by atoms with Crippen LogP contribution < -0.4 is 19.5 Å². The van der Waals surface area contributed by atoms with Gasteiger partial charge >= 0.3 is 0 Å². The summed E-state index contributed by atoms with van der Waals surface area (Å²) in [5.41, 5.74) is 1.78. The number of carbonyl (C=O) groups excluding carboxylic acids is 1. The van der Waals surface area contributed by atoms with Gasteiger partial charge in [-0.25, -0.2) is 4.98 Å². The Kier molecular flexibility index (Phi) is 6.83. The lowest BCUT2D eigenvalue weighted by Gasteiger charge is -2.18. The Morgan fingerprint density at radius 2 is 2.06 bits per heavy atom. The third kappa shape index (κ3) is 5.42. The van der Waals surface area contributed by atoms with Crippen LogP contribution in [0.5, 0.6) is 17.2 Å². The minimum absolute atomic E-state index is 0.0887. The summed E-state index contributed by atoms with van der Waals surface area (Å²) in [5.74, 6) is 2.80. The zero-order valence-electron chi connectivity index (χ0n) is 16.8. The van der Waals surface area contributed by atoms with Crippen LogP contribution in [0, 0.1) is 0 Å². The fourth-order valence-electron chi connectivity index (χ4n) is 3.07. The first-order valence-corrected chi connectivity index (χ1v) is 11.0. The SMILES string of the molecule is COc1ccc(Cl)cc1-c1nc(SCC(=O)NCCc2ccc3c(c2)OCCO3)n[nH]1. The van der Waals surface area contributed by atoms with E-state index in [1.54, 1.807) is 25.3 Å². The van der Waals surface area contributed by atoms with Crippen LogP contribution in [-0.2, 0) is 11.2 Å². The molecule has 1 aromatic heterocycles. The first-order valence-electron chi connectivity index (χ1n) is 9.67. The summed E-state index contributed by atoms with van der Waals surface area (Å²) in [5, 5.41) is 11.0. The van der Waals surface area contributed by atoms with Crippen molar-refractivity contribution in [2.75, 3.05) is 32.6 Å². The molecule has 8 nitrogen and oxygen atoms in total. The number of halogens is 1. The van der Waals surface area contributed by atoms with E-state index in [4.69, 9.17) is 25.8 Å². The van der Waals surface area contributed by atoms with Gasteiger partial charge in [-0.1, -0.05) is 29.4 Å². The molecule has 0 spiro atoms. The number of methoxy groups -OCH3 is 1. The number of benzene rings is 2. The van der Waals surface area contributed by atoms with E-state index in [1.807, 2.05) is 18.2 Å². The van der Waals surface area contributed by atoms with Gasteiger partial charge in [0, 0.05) is 11.6 Å². The molecular weight excluding hydrogens is 440 g/mol. The van der Waals surface area contributed by atoms with Gasteiger partial charge in [-0.15, -0.1) is 5.10 Å². The molecule has 1 aliphatic heterocycles. The second-order valence-corrected chi connectivity index (χ2v) is 8.06. The number of hydrogen-bond donors (Lipinski definition) is 2. The monoisotopic (exact) mass is 460 g/mol. The zero-order chi connectivity index (χ0) is 21.6. The molecule has 1 amide bonds. The number of nitrogens with zero attached hydrogens (tertiary/aromatic N) is 2. The molecule has 3 aromatic rings. The van der Waals surface area contributed by atoms with Crippen molar-refractivity contribution < 1.29 is 19.0 Å². The van der Waals surface area contributed by atoms with Crippen LogP contribution in [-0.4, -0.2) is 53.7 Å². The summed E-state index contributed by atoms with van der Waals surface area (Å²) in [7, 11) is 1.58. The lowest BCUT2D eigenvalue weighted by atomic mass is 10.1. The first-order chi connectivity index (χ1) is 15.1. The summed E-state index contributed by atoms with van der Waals surface area (Å²) in [6.07, 6.45) is 0.701. The Morgan fingerprint density at radius 1 is 1.23 bits per heavy atom. The summed E-state index contributed by atoms with van der Waals surface area (Å²) >= 11 is 7.32. The molecule has 2 heterocycles. The largest absolute Gasteiger partial charge is 0.496 e. The summed E-state index contributed by atoms with van der Waals surface area (Å²) < 4.78 is 16.4. The van der Waals surface area contributed by atoms with E-state index in [0.29, 0.717) is 53.5 Å². The number of nitrogens with one attached hydrogen (secondary N) is 2. The highest BCUT2D eigenvalue weighted by Gasteiger charge is 2.14. The van der Waals surface area contributed by atoms with Crippen LogP contribution in [0.1, 0.15) is 5.56 Å². The van der Waals surface area contributed by atoms with Crippen molar-refractivity contribution in [2.45, 2.75) is 11.6 Å². The number of rotatable bonds is 8. The van der Waals surface area contributed by atoms with E-state index in [1.165, 1.54) is 11.8 Å². The predicted molar refractivity (Wildman–Crippen MR) is 118 cm³/mol. The predicted octanol–water partition coefficient (Wildman–Crippen LogP) is 3.36. The van der Waals surface area contributed by atoms with Crippen molar-refractivity contribution in [3.63, 3.8) is 0 Å². The van der Waals surface area contributed by atoms with Gasteiger partial charge in [0.15, 0.2) is 17.3 Å². The molecule has 0 aliphatic carbocycles. The van der Waals surface area contributed by atoms with Crippen molar-refractivity contribution in [1.29, 1.82) is 0 Å². The number of thioether (sulfide) groups is 1. The topological polar surface area (TPSA) is 98.4 Å². The fourth-order valence-corrected chi connectivity index (χ4v) is 3.87. The molecule has 4 rings (SSSR count). The molecular formula is C21H21ClN4O4S. The van der Waals surface area contributed by atoms with Crippen LogP contribution in [0.4, 0.5) is 0 Å². The van der Waals surface area contributed by atoms with Gasteiger partial charge in [0.25, 0.3) is 0 Å². The molecule has 2 N–H and O–H groups in total. The van der Waals surface area contributed by atoms with Crippen LogP contribution in [0.3, 0.4) is 0 Å². The quantitative estimate of drug-likeness (QED) is 0.497. The molecule has 1 aliphatic rings. The number of aromatic amines is 1. The molecule has 0 saturated carbocycles. The van der Waals surface area contributed by atoms with Crippen molar-refractivity contribution in [3.05, 3.63) is 47.0 Å². The highest BCUT2D eigenvalue weighted by Crippen LogP contribution is 2.32. The van der Waals surface area contributed by atoms with Gasteiger partial charge in [0.05, 0.1) is 18.4 Å². The number of amides is 1. The van der Waals surface area contributed by atoms with Crippen molar-refractivity contribution >= 4 is 29.3 Å². The Bertz CT molecular complexity index is 1080. The molecule has 0 saturated heterocycles. The number of H-pyrrole nitrogens is 1. The molecule has 0 unspecified atom stereocenters. The lowest BCUT2D eigenvalue weighted by molar-refractivity contribution is -0.118. The van der Waals surface area contributed by atoms with Crippen LogP contribution in [0.2, 0.25) is 5.02 Å². The number of hydrogen-bond acceptors (Lipinski definition) is 7. The maximum absolute atomic E-state index is 12.2. The van der Waals surface area contributed by atoms with Crippen molar-refractivity contribution in [3.8, 4) is 28.6 Å². The summed E-state index contributed by atoms with van der Waals surface area (Å²) in [6, 6.07) is 11.1. The molecule has 0 bridgehead atoms. The maximum atomic E-state index is 12.2. The van der Waals surface area contributed by atoms with E-state index in [0.717, 1.165) is 17.1 Å². The average molecular weight is 461 g/mol. The maximum Gasteiger partial charge on any atom is 0.230 e. The summed E-state index contributed by atoms with van der Waals surface area (Å²) in [6.45, 7) is 1.65. The van der Waals surface area contributed by atoms with Crippen LogP contribution in [0.25, 0.3) is 11.4 Å². The normalized spacial score (nSPS) is 12.5. The Hall–Kier alpha value is -2.91. The smallest absolute Gasteiger partial charge is 0.230 e. The van der Waals surface area contributed by atoms with E-state index >= 15 is 0 Å². The van der Waals surface area contributed by atoms with E-state index in [9.17, 15) is 4.79 Å². The number of fused-ring (bicyclic) bond motifs is 1. The standard InChI is InChI=1S/C21H21ClN4O4S/c1-28-16-5-3-14(22)11-15(16)20-24-21(26-25-20)31-12-19(27)23-7-6-13-2-4-17-18(10-13)30-9-8-29-17/h2-5,10-11H,6-9,12H2,1H3,(H,23,27)(H,24,25,26). The molecule has 162 valence electrons. The minimum atomic E-state index is -0.0887. The van der Waals surface area contributed by atoms with Gasteiger partial charge in [0.2, 0.25) is 11.1 Å².